The molecule has 1 aromatic rings. The molecule has 18 heavy (non-hydrogen) atoms. The normalized spacial score (nSPS) is 16.3. The lowest BCUT2D eigenvalue weighted by molar-refractivity contribution is -0.137. The highest BCUT2D eigenvalue weighted by molar-refractivity contribution is 5.90. The Labute approximate surface area is 104 Å². The van der Waals surface area contributed by atoms with Gasteiger partial charge in [-0.3, -0.25) is 9.69 Å². The summed E-state index contributed by atoms with van der Waals surface area (Å²) in [6.07, 6.45) is -0.376. The maximum atomic E-state index is 11.4. The second-order valence-electron chi connectivity index (χ2n) is 4.02. The van der Waals surface area contributed by atoms with E-state index in [0.717, 1.165) is 0 Å². The summed E-state index contributed by atoms with van der Waals surface area (Å²) in [6, 6.07) is 6.34. The molecule has 6 nitrogen and oxygen atoms in total. The van der Waals surface area contributed by atoms with E-state index < -0.39 is 12.0 Å². The number of aliphatic carboxylic acids is 1. The molecule has 1 heterocycles. The summed E-state index contributed by atoms with van der Waals surface area (Å²) < 4.78 is 4.85. The van der Waals surface area contributed by atoms with Gasteiger partial charge >= 0.3 is 12.1 Å². The molecule has 96 valence electrons. The maximum Gasteiger partial charge on any atom is 0.414 e. The summed E-state index contributed by atoms with van der Waals surface area (Å²) in [5.41, 5.74) is 1.35. The predicted octanol–water partition coefficient (Wildman–Crippen LogP) is 1.53. The minimum Gasteiger partial charge on any atom is -0.480 e. The Morgan fingerprint density at radius 2 is 2.33 bits per heavy atom. The molecule has 1 fully saturated rings. The number of nitrogens with zero attached hydrogens (tertiary/aromatic N) is 1. The summed E-state index contributed by atoms with van der Waals surface area (Å²) in [5, 5.41) is 11.7. The highest BCUT2D eigenvalue weighted by atomic mass is 16.6. The summed E-state index contributed by atoms with van der Waals surface area (Å²) in [5.74, 6) is -0.930. The Kier molecular flexibility index (Phi) is 3.36. The SMILES string of the molecule is CC(Nc1cccc(N2CCOC2=O)c1)C(=O)O. The monoisotopic (exact) mass is 250 g/mol. The van der Waals surface area contributed by atoms with Crippen LogP contribution in [0.5, 0.6) is 0 Å². The van der Waals surface area contributed by atoms with E-state index in [4.69, 9.17) is 9.84 Å². The number of carbonyl (C=O) groups excluding carboxylic acids is 1. The number of carboxylic acid groups (broad SMARTS) is 1. The molecular formula is C12H14N2O4. The van der Waals surface area contributed by atoms with E-state index in [1.165, 1.54) is 4.90 Å². The lowest BCUT2D eigenvalue weighted by Crippen LogP contribution is -2.26. The first-order valence-electron chi connectivity index (χ1n) is 5.61. The van der Waals surface area contributed by atoms with E-state index in [1.807, 2.05) is 0 Å². The van der Waals surface area contributed by atoms with Crippen molar-refractivity contribution in [2.45, 2.75) is 13.0 Å². The van der Waals surface area contributed by atoms with Gasteiger partial charge in [0.15, 0.2) is 0 Å². The molecular weight excluding hydrogens is 236 g/mol. The molecule has 1 aliphatic heterocycles. The van der Waals surface area contributed by atoms with Crippen LogP contribution in [0.25, 0.3) is 0 Å². The number of carboxylic acids is 1. The van der Waals surface area contributed by atoms with Crippen LogP contribution in [0.1, 0.15) is 6.92 Å². The number of hydrogen-bond acceptors (Lipinski definition) is 4. The fraction of sp³-hybridized carbons (Fsp3) is 0.333. The van der Waals surface area contributed by atoms with Gasteiger partial charge < -0.3 is 15.2 Å². The van der Waals surface area contributed by atoms with Crippen molar-refractivity contribution < 1.29 is 19.4 Å². The fourth-order valence-corrected chi connectivity index (χ4v) is 1.70. The molecule has 1 unspecified atom stereocenters. The van der Waals surface area contributed by atoms with E-state index >= 15 is 0 Å². The molecule has 1 saturated heterocycles. The van der Waals surface area contributed by atoms with Crippen molar-refractivity contribution in [3.05, 3.63) is 24.3 Å². The van der Waals surface area contributed by atoms with Crippen molar-refractivity contribution in [1.29, 1.82) is 0 Å². The van der Waals surface area contributed by atoms with Crippen LogP contribution < -0.4 is 10.2 Å². The molecule has 6 heteroatoms. The second kappa shape index (κ2) is 4.95. The molecule has 1 amide bonds. The third-order valence-electron chi connectivity index (χ3n) is 2.67. The molecule has 1 aliphatic rings. The Balaban J connectivity index is 2.14. The molecule has 2 N–H and O–H groups in total. The van der Waals surface area contributed by atoms with Crippen molar-refractivity contribution in [3.8, 4) is 0 Å². The van der Waals surface area contributed by atoms with E-state index in [2.05, 4.69) is 5.32 Å². The van der Waals surface area contributed by atoms with Gasteiger partial charge in [-0.1, -0.05) is 6.07 Å². The van der Waals surface area contributed by atoms with Crippen LogP contribution in [-0.4, -0.2) is 36.4 Å². The topological polar surface area (TPSA) is 78.9 Å². The quantitative estimate of drug-likeness (QED) is 0.847. The van der Waals surface area contributed by atoms with E-state index in [0.29, 0.717) is 24.5 Å². The lowest BCUT2D eigenvalue weighted by atomic mass is 10.2. The molecule has 0 aromatic heterocycles. The van der Waals surface area contributed by atoms with Crippen LogP contribution in [0.2, 0.25) is 0 Å². The zero-order valence-electron chi connectivity index (χ0n) is 9.92. The number of ether oxygens (including phenoxy) is 1. The molecule has 0 radical (unpaired) electrons. The second-order valence-corrected chi connectivity index (χ2v) is 4.02. The molecule has 0 saturated carbocycles. The molecule has 1 atom stereocenters. The fourth-order valence-electron chi connectivity index (χ4n) is 1.70. The smallest absolute Gasteiger partial charge is 0.414 e. The zero-order valence-corrected chi connectivity index (χ0v) is 9.92. The number of rotatable bonds is 4. The third kappa shape index (κ3) is 2.53. The Hall–Kier alpha value is -2.24. The first kappa shape index (κ1) is 12.2. The van der Waals surface area contributed by atoms with Crippen LogP contribution in [0.3, 0.4) is 0 Å². The molecule has 1 aromatic carbocycles. The highest BCUT2D eigenvalue weighted by Crippen LogP contribution is 2.22. The average Bonchev–Trinajstić information content (AvgIpc) is 2.75. The van der Waals surface area contributed by atoms with Gasteiger partial charge in [-0.2, -0.15) is 0 Å². The minimum atomic E-state index is -0.930. The molecule has 0 spiro atoms. The van der Waals surface area contributed by atoms with E-state index in [-0.39, 0.29) is 6.09 Å². The van der Waals surface area contributed by atoms with Crippen LogP contribution in [0.4, 0.5) is 16.2 Å². The molecule has 0 bridgehead atoms. The van der Waals surface area contributed by atoms with Gasteiger partial charge in [0.1, 0.15) is 12.6 Å². The predicted molar refractivity (Wildman–Crippen MR) is 65.9 cm³/mol. The first-order chi connectivity index (χ1) is 8.58. The standard InChI is InChI=1S/C12H14N2O4/c1-8(11(15)16)13-9-3-2-4-10(7-9)14-5-6-18-12(14)17/h2-4,7-8,13H,5-6H2,1H3,(H,15,16). The van der Waals surface area contributed by atoms with Crippen molar-refractivity contribution in [2.24, 2.45) is 0 Å². The largest absolute Gasteiger partial charge is 0.480 e. The van der Waals surface area contributed by atoms with Gasteiger partial charge in [-0.15, -0.1) is 0 Å². The number of amides is 1. The van der Waals surface area contributed by atoms with Gasteiger partial charge in [-0.25, -0.2) is 4.79 Å². The summed E-state index contributed by atoms with van der Waals surface area (Å²) in [4.78, 5) is 23.7. The number of cyclic esters (lactones) is 1. The average molecular weight is 250 g/mol. The number of benzene rings is 1. The van der Waals surface area contributed by atoms with Gasteiger partial charge in [0.2, 0.25) is 0 Å². The van der Waals surface area contributed by atoms with Gasteiger partial charge in [-0.05, 0) is 25.1 Å². The van der Waals surface area contributed by atoms with Gasteiger partial charge in [0, 0.05) is 11.4 Å². The Morgan fingerprint density at radius 1 is 1.56 bits per heavy atom. The van der Waals surface area contributed by atoms with Crippen molar-refractivity contribution >= 4 is 23.4 Å². The Bertz CT molecular complexity index is 475. The van der Waals surface area contributed by atoms with E-state index in [9.17, 15) is 9.59 Å². The number of hydrogen-bond donors (Lipinski definition) is 2. The van der Waals surface area contributed by atoms with Crippen LogP contribution in [0, 0.1) is 0 Å². The van der Waals surface area contributed by atoms with Crippen LogP contribution in [-0.2, 0) is 9.53 Å². The van der Waals surface area contributed by atoms with Crippen molar-refractivity contribution in [3.63, 3.8) is 0 Å². The zero-order chi connectivity index (χ0) is 13.1. The minimum absolute atomic E-state index is 0.376. The van der Waals surface area contributed by atoms with Crippen LogP contribution >= 0.6 is 0 Å². The summed E-state index contributed by atoms with van der Waals surface area (Å²) in [7, 11) is 0. The number of carbonyl (C=O) groups is 2. The summed E-state index contributed by atoms with van der Waals surface area (Å²) >= 11 is 0. The van der Waals surface area contributed by atoms with Crippen molar-refractivity contribution in [2.75, 3.05) is 23.4 Å². The highest BCUT2D eigenvalue weighted by Gasteiger charge is 2.23. The third-order valence-corrected chi connectivity index (χ3v) is 2.67. The van der Waals surface area contributed by atoms with Gasteiger partial charge in [0.25, 0.3) is 0 Å². The number of anilines is 2. The number of nitrogens with one attached hydrogen (secondary N) is 1. The van der Waals surface area contributed by atoms with E-state index in [1.54, 1.807) is 31.2 Å². The van der Waals surface area contributed by atoms with Crippen molar-refractivity contribution in [1.82, 2.24) is 0 Å². The Morgan fingerprint density at radius 3 is 2.94 bits per heavy atom. The molecule has 0 aliphatic carbocycles. The van der Waals surface area contributed by atoms with Gasteiger partial charge in [0.05, 0.1) is 6.54 Å². The first-order valence-corrected chi connectivity index (χ1v) is 5.61. The van der Waals surface area contributed by atoms with Crippen LogP contribution in [0.15, 0.2) is 24.3 Å². The maximum absolute atomic E-state index is 11.4. The molecule has 2 rings (SSSR count). The lowest BCUT2D eigenvalue weighted by Gasteiger charge is -2.16. The summed E-state index contributed by atoms with van der Waals surface area (Å²) in [6.45, 7) is 2.44.